The second-order valence-corrected chi connectivity index (χ2v) is 6.21. The van der Waals surface area contributed by atoms with Gasteiger partial charge in [0, 0.05) is 24.1 Å². The summed E-state index contributed by atoms with van der Waals surface area (Å²) in [6.07, 6.45) is 2.46. The summed E-state index contributed by atoms with van der Waals surface area (Å²) in [5.74, 6) is 0. The lowest BCUT2D eigenvalue weighted by atomic mass is 10.1. The molecule has 0 unspecified atom stereocenters. The van der Waals surface area contributed by atoms with Gasteiger partial charge in [0.05, 0.1) is 11.6 Å². The summed E-state index contributed by atoms with van der Waals surface area (Å²) in [5, 5.41) is 14.6. The minimum atomic E-state index is -0.251. The zero-order chi connectivity index (χ0) is 19.1. The average Bonchev–Trinajstić information content (AvgIpc) is 2.69. The van der Waals surface area contributed by atoms with Crippen LogP contribution in [0.3, 0.4) is 0 Å². The lowest BCUT2D eigenvalue weighted by Crippen LogP contribution is -2.30. The van der Waals surface area contributed by atoms with Crippen LogP contribution in [0.1, 0.15) is 16.8 Å². The molecule has 2 amide bonds. The van der Waals surface area contributed by atoms with Crippen molar-refractivity contribution in [2.75, 3.05) is 11.9 Å². The van der Waals surface area contributed by atoms with Crippen LogP contribution in [0.25, 0.3) is 11.1 Å². The summed E-state index contributed by atoms with van der Waals surface area (Å²) in [4.78, 5) is 16.2. The SMILES string of the molecule is Cc1cc(-c2ccc(NC(=O)NCCc3cccc(C#N)c3)cc2)ccn1. The van der Waals surface area contributed by atoms with Gasteiger partial charge in [0.15, 0.2) is 0 Å². The van der Waals surface area contributed by atoms with E-state index >= 15 is 0 Å². The minimum absolute atomic E-state index is 0.251. The second kappa shape index (κ2) is 8.63. The van der Waals surface area contributed by atoms with E-state index in [0.29, 0.717) is 18.5 Å². The number of aryl methyl sites for hydroxylation is 1. The van der Waals surface area contributed by atoms with Crippen molar-refractivity contribution in [1.29, 1.82) is 5.26 Å². The molecule has 0 saturated carbocycles. The number of rotatable bonds is 5. The molecule has 0 saturated heterocycles. The van der Waals surface area contributed by atoms with E-state index in [1.165, 1.54) is 0 Å². The van der Waals surface area contributed by atoms with Gasteiger partial charge in [-0.25, -0.2) is 4.79 Å². The van der Waals surface area contributed by atoms with Gasteiger partial charge in [-0.2, -0.15) is 5.26 Å². The van der Waals surface area contributed by atoms with Gasteiger partial charge in [0.1, 0.15) is 0 Å². The van der Waals surface area contributed by atoms with E-state index in [-0.39, 0.29) is 6.03 Å². The van der Waals surface area contributed by atoms with Gasteiger partial charge >= 0.3 is 6.03 Å². The summed E-state index contributed by atoms with van der Waals surface area (Å²) in [7, 11) is 0. The summed E-state index contributed by atoms with van der Waals surface area (Å²) in [6.45, 7) is 2.45. The quantitative estimate of drug-likeness (QED) is 0.716. The number of anilines is 1. The number of nitriles is 1. The van der Waals surface area contributed by atoms with Crippen molar-refractivity contribution in [3.63, 3.8) is 0 Å². The fraction of sp³-hybridized carbons (Fsp3) is 0.136. The Balaban J connectivity index is 1.51. The Morgan fingerprint density at radius 1 is 1.07 bits per heavy atom. The van der Waals surface area contributed by atoms with Crippen LogP contribution in [0.5, 0.6) is 0 Å². The topological polar surface area (TPSA) is 77.8 Å². The highest BCUT2D eigenvalue weighted by Crippen LogP contribution is 2.21. The van der Waals surface area contributed by atoms with Crippen LogP contribution >= 0.6 is 0 Å². The Labute approximate surface area is 158 Å². The lowest BCUT2D eigenvalue weighted by molar-refractivity contribution is 0.252. The number of hydrogen-bond donors (Lipinski definition) is 2. The van der Waals surface area contributed by atoms with Crippen LogP contribution in [-0.4, -0.2) is 17.6 Å². The molecule has 5 heteroatoms. The molecule has 5 nitrogen and oxygen atoms in total. The van der Waals surface area contributed by atoms with E-state index in [9.17, 15) is 4.79 Å². The second-order valence-electron chi connectivity index (χ2n) is 6.21. The molecule has 2 N–H and O–H groups in total. The summed E-state index contributed by atoms with van der Waals surface area (Å²) >= 11 is 0. The molecule has 134 valence electrons. The first-order chi connectivity index (χ1) is 13.1. The fourth-order valence-electron chi connectivity index (χ4n) is 2.76. The third-order valence-electron chi connectivity index (χ3n) is 4.13. The molecule has 1 heterocycles. The van der Waals surface area contributed by atoms with Crippen LogP contribution in [0.4, 0.5) is 10.5 Å². The molecule has 0 aliphatic heterocycles. The number of nitrogens with zero attached hydrogens (tertiary/aromatic N) is 2. The maximum absolute atomic E-state index is 12.0. The summed E-state index contributed by atoms with van der Waals surface area (Å²) < 4.78 is 0. The first kappa shape index (κ1) is 18.2. The highest BCUT2D eigenvalue weighted by Gasteiger charge is 2.03. The molecule has 0 fully saturated rings. The van der Waals surface area contributed by atoms with Crippen LogP contribution in [0, 0.1) is 18.3 Å². The number of pyridine rings is 1. The van der Waals surface area contributed by atoms with Crippen molar-refractivity contribution in [2.24, 2.45) is 0 Å². The van der Waals surface area contributed by atoms with E-state index in [0.717, 1.165) is 28.1 Å². The Hall–Kier alpha value is -3.65. The molecular formula is C22H20N4O. The molecule has 0 atom stereocenters. The maximum Gasteiger partial charge on any atom is 0.319 e. The van der Waals surface area contributed by atoms with E-state index in [1.807, 2.05) is 61.5 Å². The number of hydrogen-bond acceptors (Lipinski definition) is 3. The Morgan fingerprint density at radius 2 is 1.89 bits per heavy atom. The van der Waals surface area contributed by atoms with Crippen LogP contribution in [0.15, 0.2) is 66.9 Å². The summed E-state index contributed by atoms with van der Waals surface area (Å²) in [6, 6.07) is 20.9. The zero-order valence-corrected chi connectivity index (χ0v) is 15.1. The standard InChI is InChI=1S/C22H20N4O/c1-16-13-20(10-12-24-16)19-5-7-21(8-6-19)26-22(27)25-11-9-17-3-2-4-18(14-17)15-23/h2-8,10,12-14H,9,11H2,1H3,(H2,25,26,27). The average molecular weight is 356 g/mol. The van der Waals surface area contributed by atoms with Crippen molar-refractivity contribution in [3.8, 4) is 17.2 Å². The third kappa shape index (κ3) is 5.16. The van der Waals surface area contributed by atoms with Gasteiger partial charge in [-0.05, 0) is 66.4 Å². The Bertz CT molecular complexity index is 974. The molecule has 0 spiro atoms. The van der Waals surface area contributed by atoms with E-state index in [2.05, 4.69) is 21.7 Å². The number of nitrogens with one attached hydrogen (secondary N) is 2. The van der Waals surface area contributed by atoms with Gasteiger partial charge in [-0.3, -0.25) is 4.98 Å². The molecular weight excluding hydrogens is 336 g/mol. The number of aromatic nitrogens is 1. The third-order valence-corrected chi connectivity index (χ3v) is 4.13. The van der Waals surface area contributed by atoms with Gasteiger partial charge < -0.3 is 10.6 Å². The predicted octanol–water partition coefficient (Wildman–Crippen LogP) is 4.29. The van der Waals surface area contributed by atoms with Crippen LogP contribution in [-0.2, 0) is 6.42 Å². The van der Waals surface area contributed by atoms with Crippen molar-refractivity contribution >= 4 is 11.7 Å². The predicted molar refractivity (Wildman–Crippen MR) is 106 cm³/mol. The molecule has 3 aromatic rings. The largest absolute Gasteiger partial charge is 0.338 e. The Kier molecular flexibility index (Phi) is 5.80. The van der Waals surface area contributed by atoms with Gasteiger partial charge in [-0.15, -0.1) is 0 Å². The number of carbonyl (C=O) groups excluding carboxylic acids is 1. The number of benzene rings is 2. The molecule has 3 rings (SSSR count). The molecule has 0 radical (unpaired) electrons. The first-order valence-corrected chi connectivity index (χ1v) is 8.71. The molecule has 0 bridgehead atoms. The van der Waals surface area contributed by atoms with Gasteiger partial charge in [-0.1, -0.05) is 24.3 Å². The molecule has 1 aromatic heterocycles. The van der Waals surface area contributed by atoms with Crippen LogP contribution < -0.4 is 10.6 Å². The highest BCUT2D eigenvalue weighted by molar-refractivity contribution is 5.89. The zero-order valence-electron chi connectivity index (χ0n) is 15.1. The lowest BCUT2D eigenvalue weighted by Gasteiger charge is -2.09. The van der Waals surface area contributed by atoms with Crippen LogP contribution in [0.2, 0.25) is 0 Å². The van der Waals surface area contributed by atoms with Gasteiger partial charge in [0.2, 0.25) is 0 Å². The molecule has 27 heavy (non-hydrogen) atoms. The normalized spacial score (nSPS) is 10.1. The van der Waals surface area contributed by atoms with Crippen molar-refractivity contribution in [2.45, 2.75) is 13.3 Å². The smallest absolute Gasteiger partial charge is 0.319 e. The van der Waals surface area contributed by atoms with Crippen molar-refractivity contribution in [3.05, 3.63) is 83.7 Å². The van der Waals surface area contributed by atoms with E-state index < -0.39 is 0 Å². The first-order valence-electron chi connectivity index (χ1n) is 8.71. The molecule has 2 aromatic carbocycles. The maximum atomic E-state index is 12.0. The summed E-state index contributed by atoms with van der Waals surface area (Å²) in [5.41, 5.74) is 5.51. The number of amides is 2. The highest BCUT2D eigenvalue weighted by atomic mass is 16.2. The van der Waals surface area contributed by atoms with Crippen molar-refractivity contribution in [1.82, 2.24) is 10.3 Å². The fourth-order valence-corrected chi connectivity index (χ4v) is 2.76. The number of urea groups is 1. The van der Waals surface area contributed by atoms with Gasteiger partial charge in [0.25, 0.3) is 0 Å². The monoisotopic (exact) mass is 356 g/mol. The van der Waals surface area contributed by atoms with E-state index in [1.54, 1.807) is 12.3 Å². The minimum Gasteiger partial charge on any atom is -0.338 e. The number of carbonyl (C=O) groups is 1. The van der Waals surface area contributed by atoms with E-state index in [4.69, 9.17) is 5.26 Å². The Morgan fingerprint density at radius 3 is 2.63 bits per heavy atom. The molecule has 0 aliphatic rings. The molecule has 0 aliphatic carbocycles. The van der Waals surface area contributed by atoms with Crippen molar-refractivity contribution < 1.29 is 4.79 Å².